The van der Waals surface area contributed by atoms with Crippen molar-refractivity contribution in [3.8, 4) is 17.0 Å². The Labute approximate surface area is 200 Å². The van der Waals surface area contributed by atoms with Crippen molar-refractivity contribution in [2.45, 2.75) is 45.1 Å². The summed E-state index contributed by atoms with van der Waals surface area (Å²) in [6.07, 6.45) is -5.08. The molecule has 1 saturated heterocycles. The minimum absolute atomic E-state index is 0.0720. The van der Waals surface area contributed by atoms with Gasteiger partial charge in [-0.05, 0) is 44.2 Å². The van der Waals surface area contributed by atoms with E-state index in [9.17, 15) is 26.7 Å². The van der Waals surface area contributed by atoms with E-state index in [0.29, 0.717) is 13.2 Å². The molecule has 0 aliphatic carbocycles. The highest BCUT2D eigenvalue weighted by Crippen LogP contribution is 2.38. The molecule has 1 aromatic carbocycles. The maximum Gasteiger partial charge on any atom is 0.419 e. The van der Waals surface area contributed by atoms with Crippen LogP contribution in [0.1, 0.15) is 42.6 Å². The molecule has 0 unspecified atom stereocenters. The van der Waals surface area contributed by atoms with E-state index < -0.39 is 42.7 Å². The number of halogens is 5. The predicted octanol–water partition coefficient (Wildman–Crippen LogP) is 5.42. The van der Waals surface area contributed by atoms with Gasteiger partial charge in [0.1, 0.15) is 12.4 Å². The summed E-state index contributed by atoms with van der Waals surface area (Å²) in [5.41, 5.74) is -0.427. The van der Waals surface area contributed by atoms with Crippen LogP contribution in [0.15, 0.2) is 36.5 Å². The number of amides is 1. The molecule has 1 aromatic heterocycles. The second-order valence-corrected chi connectivity index (χ2v) is 7.94. The maximum absolute atomic E-state index is 13.7. The van der Waals surface area contributed by atoms with Gasteiger partial charge < -0.3 is 19.1 Å². The van der Waals surface area contributed by atoms with Crippen molar-refractivity contribution in [3.63, 3.8) is 0 Å². The zero-order chi connectivity index (χ0) is 25.6. The van der Waals surface area contributed by atoms with Crippen LogP contribution in [0.3, 0.4) is 0 Å². The van der Waals surface area contributed by atoms with Gasteiger partial charge in [0.2, 0.25) is 0 Å². The smallest absolute Gasteiger partial charge is 0.419 e. The van der Waals surface area contributed by atoms with E-state index in [-0.39, 0.29) is 42.3 Å². The second-order valence-electron chi connectivity index (χ2n) is 7.94. The first-order valence-corrected chi connectivity index (χ1v) is 11.2. The van der Waals surface area contributed by atoms with E-state index in [1.165, 1.54) is 35.4 Å². The number of likely N-dealkylation sites (tertiary alicyclic amines) is 1. The standard InChI is InChI=1S/C24H27F5N2O4/c1-3-33-21(34-4-2)15-35-20-8-6-16(13-18(20)24(27,28)29)19-7-5-17(14-30-19)22(32)31-11-9-23(25,26)10-12-31/h5-8,13-14,21H,3-4,9-12,15H2,1-2H3. The number of piperidine rings is 1. The molecule has 0 spiro atoms. The van der Waals surface area contributed by atoms with Crippen LogP contribution < -0.4 is 4.74 Å². The Morgan fingerprint density at radius 3 is 2.29 bits per heavy atom. The minimum atomic E-state index is -4.69. The molecule has 0 atom stereocenters. The van der Waals surface area contributed by atoms with Crippen LogP contribution in [0.5, 0.6) is 5.75 Å². The summed E-state index contributed by atoms with van der Waals surface area (Å²) in [6, 6.07) is 6.38. The van der Waals surface area contributed by atoms with Crippen LogP contribution in [0, 0.1) is 0 Å². The van der Waals surface area contributed by atoms with Gasteiger partial charge in [-0.1, -0.05) is 0 Å². The van der Waals surface area contributed by atoms with Crippen LogP contribution in [0.25, 0.3) is 11.3 Å². The summed E-state index contributed by atoms with van der Waals surface area (Å²) in [4.78, 5) is 18.0. The van der Waals surface area contributed by atoms with Gasteiger partial charge in [-0.15, -0.1) is 0 Å². The van der Waals surface area contributed by atoms with Crippen LogP contribution in [0.2, 0.25) is 0 Å². The zero-order valence-corrected chi connectivity index (χ0v) is 19.4. The highest BCUT2D eigenvalue weighted by molar-refractivity contribution is 5.94. The second kappa shape index (κ2) is 11.3. The number of carbonyl (C=O) groups is 1. The Balaban J connectivity index is 1.76. The summed E-state index contributed by atoms with van der Waals surface area (Å²) in [5.74, 6) is -3.60. The lowest BCUT2D eigenvalue weighted by Gasteiger charge is -2.31. The van der Waals surface area contributed by atoms with Gasteiger partial charge in [0, 0.05) is 50.9 Å². The molecule has 1 fully saturated rings. The average molecular weight is 502 g/mol. The summed E-state index contributed by atoms with van der Waals surface area (Å²) in [6.45, 7) is 3.73. The van der Waals surface area contributed by atoms with Gasteiger partial charge in [0.25, 0.3) is 11.8 Å². The number of aromatic nitrogens is 1. The molecule has 35 heavy (non-hydrogen) atoms. The molecule has 0 N–H and O–H groups in total. The number of nitrogens with zero attached hydrogens (tertiary/aromatic N) is 2. The Hall–Kier alpha value is -2.79. The fraction of sp³-hybridized carbons (Fsp3) is 0.500. The van der Waals surface area contributed by atoms with Gasteiger partial charge in [-0.2, -0.15) is 13.2 Å². The normalized spacial score (nSPS) is 15.9. The topological polar surface area (TPSA) is 60.9 Å². The van der Waals surface area contributed by atoms with Crippen LogP contribution >= 0.6 is 0 Å². The van der Waals surface area contributed by atoms with E-state index in [2.05, 4.69) is 4.98 Å². The molecule has 3 rings (SSSR count). The van der Waals surface area contributed by atoms with Gasteiger partial charge in [0.05, 0.1) is 16.8 Å². The quantitative estimate of drug-likeness (QED) is 0.339. The number of hydrogen-bond acceptors (Lipinski definition) is 5. The Bertz CT molecular complexity index is 982. The molecular weight excluding hydrogens is 475 g/mol. The average Bonchev–Trinajstić information content (AvgIpc) is 2.82. The molecular formula is C24H27F5N2O4. The summed E-state index contributed by atoms with van der Waals surface area (Å²) in [7, 11) is 0. The molecule has 6 nitrogen and oxygen atoms in total. The summed E-state index contributed by atoms with van der Waals surface area (Å²) < 4.78 is 83.8. The fourth-order valence-electron chi connectivity index (χ4n) is 3.62. The molecule has 1 amide bonds. The number of carbonyl (C=O) groups excluding carboxylic acids is 1. The Kier molecular flexibility index (Phi) is 8.65. The molecule has 2 heterocycles. The highest BCUT2D eigenvalue weighted by atomic mass is 19.4. The van der Waals surface area contributed by atoms with Crippen LogP contribution in [0.4, 0.5) is 22.0 Å². The summed E-state index contributed by atoms with van der Waals surface area (Å²) in [5, 5.41) is 0. The van der Waals surface area contributed by atoms with Crippen molar-refractivity contribution in [3.05, 3.63) is 47.7 Å². The number of alkyl halides is 5. The molecule has 1 aliphatic rings. The number of pyridine rings is 1. The van der Waals surface area contributed by atoms with E-state index in [0.717, 1.165) is 6.07 Å². The van der Waals surface area contributed by atoms with E-state index in [1.54, 1.807) is 13.8 Å². The number of hydrogen-bond donors (Lipinski definition) is 0. The Morgan fingerprint density at radius 2 is 1.74 bits per heavy atom. The van der Waals surface area contributed by atoms with Gasteiger partial charge in [-0.3, -0.25) is 9.78 Å². The third-order valence-electron chi connectivity index (χ3n) is 5.45. The molecule has 192 valence electrons. The van der Waals surface area contributed by atoms with Crippen molar-refractivity contribution in [2.24, 2.45) is 0 Å². The van der Waals surface area contributed by atoms with E-state index in [1.807, 2.05) is 0 Å². The minimum Gasteiger partial charge on any atom is -0.488 e. The maximum atomic E-state index is 13.7. The van der Waals surface area contributed by atoms with Crippen molar-refractivity contribution >= 4 is 5.91 Å². The zero-order valence-electron chi connectivity index (χ0n) is 19.4. The molecule has 0 saturated carbocycles. The third kappa shape index (κ3) is 7.11. The first kappa shape index (κ1) is 26.8. The first-order chi connectivity index (χ1) is 16.5. The first-order valence-electron chi connectivity index (χ1n) is 11.2. The van der Waals surface area contributed by atoms with Crippen molar-refractivity contribution in [2.75, 3.05) is 32.9 Å². The predicted molar refractivity (Wildman–Crippen MR) is 117 cm³/mol. The van der Waals surface area contributed by atoms with E-state index >= 15 is 0 Å². The number of rotatable bonds is 9. The van der Waals surface area contributed by atoms with E-state index in [4.69, 9.17) is 14.2 Å². The van der Waals surface area contributed by atoms with Gasteiger partial charge >= 0.3 is 6.18 Å². The van der Waals surface area contributed by atoms with Crippen molar-refractivity contribution in [1.29, 1.82) is 0 Å². The largest absolute Gasteiger partial charge is 0.488 e. The Morgan fingerprint density at radius 1 is 1.09 bits per heavy atom. The van der Waals surface area contributed by atoms with Gasteiger partial charge in [0.15, 0.2) is 6.29 Å². The molecule has 2 aromatic rings. The van der Waals surface area contributed by atoms with Crippen LogP contribution in [-0.4, -0.2) is 60.9 Å². The third-order valence-corrected chi connectivity index (χ3v) is 5.45. The molecule has 0 bridgehead atoms. The lowest BCUT2D eigenvalue weighted by molar-refractivity contribution is -0.156. The van der Waals surface area contributed by atoms with Crippen molar-refractivity contribution < 1.29 is 41.0 Å². The molecule has 0 radical (unpaired) electrons. The highest BCUT2D eigenvalue weighted by Gasteiger charge is 2.36. The number of benzene rings is 1. The molecule has 11 heteroatoms. The fourth-order valence-corrected chi connectivity index (χ4v) is 3.62. The van der Waals surface area contributed by atoms with Crippen molar-refractivity contribution in [1.82, 2.24) is 9.88 Å². The lowest BCUT2D eigenvalue weighted by atomic mass is 10.0. The lowest BCUT2D eigenvalue weighted by Crippen LogP contribution is -2.42. The van der Waals surface area contributed by atoms with Crippen LogP contribution in [-0.2, 0) is 15.7 Å². The SMILES string of the molecule is CCOC(COc1ccc(-c2ccc(C(=O)N3CCC(F)(F)CC3)cn2)cc1C(F)(F)F)OCC. The number of ether oxygens (including phenoxy) is 3. The summed E-state index contributed by atoms with van der Waals surface area (Å²) >= 11 is 0. The molecule has 1 aliphatic heterocycles. The van der Waals surface area contributed by atoms with Gasteiger partial charge in [-0.25, -0.2) is 8.78 Å². The monoisotopic (exact) mass is 502 g/mol.